The minimum atomic E-state index is -0.694. The third-order valence-electron chi connectivity index (χ3n) is 4.63. The molecule has 0 amide bonds. The highest BCUT2D eigenvalue weighted by Gasteiger charge is 2.27. The van der Waals surface area contributed by atoms with Gasteiger partial charge in [-0.25, -0.2) is 9.97 Å². The number of rotatable bonds is 4. The van der Waals surface area contributed by atoms with Crippen LogP contribution in [-0.2, 0) is 23.4 Å². The van der Waals surface area contributed by atoms with E-state index in [1.165, 1.54) is 25.7 Å². The third kappa shape index (κ3) is 3.39. The normalized spacial score (nSPS) is 22.2. The summed E-state index contributed by atoms with van der Waals surface area (Å²) in [4.78, 5) is 20.5. The van der Waals surface area contributed by atoms with Gasteiger partial charge in [-0.1, -0.05) is 12.8 Å². The van der Waals surface area contributed by atoms with Crippen LogP contribution in [0.4, 0.5) is 0 Å². The molecule has 0 spiro atoms. The molecule has 1 aromatic rings. The average Bonchev–Trinajstić information content (AvgIpc) is 2.98. The van der Waals surface area contributed by atoms with Crippen LogP contribution in [0.2, 0.25) is 0 Å². The van der Waals surface area contributed by atoms with Crippen LogP contribution in [0.3, 0.4) is 0 Å². The monoisotopic (exact) mass is 306 g/mol. The molecule has 1 unspecified atom stereocenters. The van der Waals surface area contributed by atoms with E-state index >= 15 is 0 Å². The maximum atomic E-state index is 11.1. The molecular formula is C16H22N2O2S. The number of carboxylic acids is 1. The molecule has 4 nitrogen and oxygen atoms in total. The van der Waals surface area contributed by atoms with E-state index in [1.54, 1.807) is 0 Å². The van der Waals surface area contributed by atoms with E-state index in [-0.39, 0.29) is 5.92 Å². The molecule has 114 valence electrons. The highest BCUT2D eigenvalue weighted by atomic mass is 32.2. The summed E-state index contributed by atoms with van der Waals surface area (Å²) >= 11 is 1.98. The van der Waals surface area contributed by atoms with Crippen LogP contribution in [-0.4, -0.2) is 26.3 Å². The van der Waals surface area contributed by atoms with Crippen molar-refractivity contribution in [1.82, 2.24) is 9.97 Å². The smallest absolute Gasteiger partial charge is 0.306 e. The fraction of sp³-hybridized carbons (Fsp3) is 0.688. The molecule has 5 heteroatoms. The van der Waals surface area contributed by atoms with Gasteiger partial charge in [0.05, 0.1) is 11.7 Å². The first-order chi connectivity index (χ1) is 10.1. The van der Waals surface area contributed by atoms with Crippen molar-refractivity contribution in [2.45, 2.75) is 62.9 Å². The number of aryl methyl sites for hydroxylation is 2. The van der Waals surface area contributed by atoms with E-state index in [0.717, 1.165) is 40.2 Å². The molecule has 1 heterocycles. The van der Waals surface area contributed by atoms with Crippen LogP contribution in [0.25, 0.3) is 0 Å². The second kappa shape index (κ2) is 6.34. The first-order valence-electron chi connectivity index (χ1n) is 7.83. The molecule has 3 rings (SSSR count). The molecule has 1 atom stereocenters. The Morgan fingerprint density at radius 1 is 1.29 bits per heavy atom. The molecule has 0 bridgehead atoms. The zero-order chi connectivity index (χ0) is 14.8. The van der Waals surface area contributed by atoms with Gasteiger partial charge in [0.15, 0.2) is 0 Å². The number of aromatic nitrogens is 2. The lowest BCUT2D eigenvalue weighted by molar-refractivity contribution is -0.142. The zero-order valence-electron chi connectivity index (χ0n) is 12.5. The number of fused-ring (bicyclic) bond motifs is 1. The Kier molecular flexibility index (Phi) is 4.48. The van der Waals surface area contributed by atoms with Gasteiger partial charge < -0.3 is 5.11 Å². The van der Waals surface area contributed by atoms with Crippen LogP contribution in [0.5, 0.6) is 0 Å². The predicted molar refractivity (Wildman–Crippen MR) is 83.5 cm³/mol. The second-order valence-corrected chi connectivity index (χ2v) is 7.43. The van der Waals surface area contributed by atoms with Crippen molar-refractivity contribution in [2.24, 2.45) is 5.92 Å². The number of nitrogens with zero attached hydrogens (tertiary/aromatic N) is 2. The van der Waals surface area contributed by atoms with E-state index in [1.807, 2.05) is 18.7 Å². The highest BCUT2D eigenvalue weighted by molar-refractivity contribution is 7.99. The molecule has 2 aliphatic carbocycles. The molecule has 1 N–H and O–H groups in total. The zero-order valence-corrected chi connectivity index (χ0v) is 13.3. The molecule has 1 aromatic heterocycles. The lowest BCUT2D eigenvalue weighted by atomic mass is 9.86. The summed E-state index contributed by atoms with van der Waals surface area (Å²) in [5.74, 6) is 0.859. The lowest BCUT2D eigenvalue weighted by Gasteiger charge is -2.22. The van der Waals surface area contributed by atoms with Gasteiger partial charge in [-0.05, 0) is 44.6 Å². The Morgan fingerprint density at radius 2 is 2.05 bits per heavy atom. The summed E-state index contributed by atoms with van der Waals surface area (Å²) < 4.78 is 0. The average molecular weight is 306 g/mol. The van der Waals surface area contributed by atoms with Crippen LogP contribution >= 0.6 is 11.8 Å². The van der Waals surface area contributed by atoms with Crippen molar-refractivity contribution in [3.8, 4) is 0 Å². The van der Waals surface area contributed by atoms with Gasteiger partial charge in [-0.2, -0.15) is 11.8 Å². The lowest BCUT2D eigenvalue weighted by Crippen LogP contribution is -2.24. The van der Waals surface area contributed by atoms with Crippen molar-refractivity contribution in [2.75, 3.05) is 0 Å². The minimum Gasteiger partial charge on any atom is -0.481 e. The minimum absolute atomic E-state index is 0.265. The van der Waals surface area contributed by atoms with Crippen molar-refractivity contribution >= 4 is 17.7 Å². The Morgan fingerprint density at radius 3 is 2.76 bits per heavy atom. The quantitative estimate of drug-likeness (QED) is 0.926. The largest absolute Gasteiger partial charge is 0.481 e. The summed E-state index contributed by atoms with van der Waals surface area (Å²) in [5.41, 5.74) is 3.14. The van der Waals surface area contributed by atoms with Crippen molar-refractivity contribution < 1.29 is 9.90 Å². The Bertz CT molecular complexity index is 541. The number of hydrogen-bond acceptors (Lipinski definition) is 4. The van der Waals surface area contributed by atoms with Gasteiger partial charge in [0.1, 0.15) is 5.82 Å². The van der Waals surface area contributed by atoms with E-state index in [0.29, 0.717) is 12.8 Å². The topological polar surface area (TPSA) is 63.1 Å². The fourth-order valence-electron chi connectivity index (χ4n) is 3.37. The predicted octanol–water partition coefficient (Wildman–Crippen LogP) is 3.15. The van der Waals surface area contributed by atoms with E-state index in [2.05, 4.69) is 4.98 Å². The molecule has 1 saturated carbocycles. The van der Waals surface area contributed by atoms with Crippen LogP contribution in [0, 0.1) is 12.8 Å². The van der Waals surface area contributed by atoms with Crippen molar-refractivity contribution in [1.29, 1.82) is 0 Å². The summed E-state index contributed by atoms with van der Waals surface area (Å²) in [6.07, 6.45) is 7.44. The van der Waals surface area contributed by atoms with E-state index in [4.69, 9.17) is 4.98 Å². The van der Waals surface area contributed by atoms with Crippen molar-refractivity contribution in [3.05, 3.63) is 22.8 Å². The molecule has 2 aliphatic rings. The van der Waals surface area contributed by atoms with Gasteiger partial charge in [0, 0.05) is 16.6 Å². The van der Waals surface area contributed by atoms with Crippen LogP contribution in [0.15, 0.2) is 0 Å². The summed E-state index contributed by atoms with van der Waals surface area (Å²) in [7, 11) is 0. The number of carbonyl (C=O) groups is 1. The van der Waals surface area contributed by atoms with Gasteiger partial charge in [-0.3, -0.25) is 4.79 Å². The number of carboxylic acid groups (broad SMARTS) is 1. The Balaban J connectivity index is 1.71. The maximum absolute atomic E-state index is 11.1. The van der Waals surface area contributed by atoms with Gasteiger partial charge in [0.25, 0.3) is 0 Å². The van der Waals surface area contributed by atoms with E-state index < -0.39 is 5.97 Å². The first kappa shape index (κ1) is 14.8. The number of aliphatic carboxylic acids is 1. The summed E-state index contributed by atoms with van der Waals surface area (Å²) in [6, 6.07) is 0. The second-order valence-electron chi connectivity index (χ2n) is 6.15. The molecule has 1 fully saturated rings. The summed E-state index contributed by atoms with van der Waals surface area (Å²) in [5, 5.41) is 9.95. The van der Waals surface area contributed by atoms with E-state index in [9.17, 15) is 9.90 Å². The fourth-order valence-corrected chi connectivity index (χ4v) is 4.55. The SMILES string of the molecule is Cc1nc(CSC2CCCC2)nc2c1CC(C(=O)O)CC2. The third-order valence-corrected chi connectivity index (χ3v) is 5.99. The molecular weight excluding hydrogens is 284 g/mol. The van der Waals surface area contributed by atoms with Gasteiger partial charge >= 0.3 is 5.97 Å². The standard InChI is InChI=1S/C16H22N2O2S/c1-10-13-8-11(16(19)20)6-7-14(13)18-15(17-10)9-21-12-4-2-3-5-12/h11-12H,2-9H2,1H3,(H,19,20). The molecule has 21 heavy (non-hydrogen) atoms. The van der Waals surface area contributed by atoms with Crippen molar-refractivity contribution in [3.63, 3.8) is 0 Å². The molecule has 0 radical (unpaired) electrons. The molecule has 0 aliphatic heterocycles. The van der Waals surface area contributed by atoms with Gasteiger partial charge in [0.2, 0.25) is 0 Å². The summed E-state index contributed by atoms with van der Waals surface area (Å²) in [6.45, 7) is 1.99. The first-order valence-corrected chi connectivity index (χ1v) is 8.88. The highest BCUT2D eigenvalue weighted by Crippen LogP contribution is 2.32. The van der Waals surface area contributed by atoms with Crippen LogP contribution < -0.4 is 0 Å². The Hall–Kier alpha value is -1.10. The Labute approximate surface area is 129 Å². The van der Waals surface area contributed by atoms with Gasteiger partial charge in [-0.15, -0.1) is 0 Å². The molecule has 0 aromatic carbocycles. The van der Waals surface area contributed by atoms with Crippen LogP contribution in [0.1, 0.15) is 54.9 Å². The molecule has 0 saturated heterocycles. The number of thioether (sulfide) groups is 1. The maximum Gasteiger partial charge on any atom is 0.306 e. The number of hydrogen-bond donors (Lipinski definition) is 1.